The molecule has 0 unspecified atom stereocenters. The van der Waals surface area contributed by atoms with Crippen molar-refractivity contribution in [2.45, 2.75) is 37.6 Å². The van der Waals surface area contributed by atoms with E-state index in [1.807, 2.05) is 0 Å². The molecule has 4 heteroatoms. The Morgan fingerprint density at radius 2 is 1.94 bits per heavy atom. The van der Waals surface area contributed by atoms with E-state index in [9.17, 15) is 10.1 Å². The summed E-state index contributed by atoms with van der Waals surface area (Å²) in [6.45, 7) is 0. The molecule has 1 amide bonds. The summed E-state index contributed by atoms with van der Waals surface area (Å²) >= 11 is 0. The van der Waals surface area contributed by atoms with Crippen molar-refractivity contribution < 1.29 is 9.90 Å². The van der Waals surface area contributed by atoms with Gasteiger partial charge in [0, 0.05) is 0 Å². The lowest BCUT2D eigenvalue weighted by atomic mass is 9.99. The molecule has 1 aromatic carbocycles. The Kier molecular flexibility index (Phi) is 3.52. The molecule has 0 radical (unpaired) electrons. The van der Waals surface area contributed by atoms with E-state index in [1.165, 1.54) is 0 Å². The minimum Gasteiger partial charge on any atom is -0.508 e. The van der Waals surface area contributed by atoms with Crippen LogP contribution in [0.15, 0.2) is 24.3 Å². The SMILES string of the molecule is N#CC1(NC(=O)Cc2ccc(O)cc2)CCCC1. The third-order valence-electron chi connectivity index (χ3n) is 3.35. The summed E-state index contributed by atoms with van der Waals surface area (Å²) in [4.78, 5) is 11.9. The van der Waals surface area contributed by atoms with Crippen LogP contribution in [0.3, 0.4) is 0 Å². The summed E-state index contributed by atoms with van der Waals surface area (Å²) in [5, 5.41) is 21.2. The first kappa shape index (κ1) is 12.4. The zero-order valence-corrected chi connectivity index (χ0v) is 10.1. The molecule has 1 aromatic rings. The van der Waals surface area contributed by atoms with Gasteiger partial charge in [0.1, 0.15) is 11.3 Å². The van der Waals surface area contributed by atoms with E-state index in [1.54, 1.807) is 24.3 Å². The van der Waals surface area contributed by atoms with E-state index in [2.05, 4.69) is 11.4 Å². The lowest BCUT2D eigenvalue weighted by molar-refractivity contribution is -0.121. The second kappa shape index (κ2) is 5.09. The number of rotatable bonds is 3. The quantitative estimate of drug-likeness (QED) is 0.852. The van der Waals surface area contributed by atoms with Crippen molar-refractivity contribution in [3.63, 3.8) is 0 Å². The van der Waals surface area contributed by atoms with Gasteiger partial charge in [-0.2, -0.15) is 5.26 Å². The number of phenolic OH excluding ortho intramolecular Hbond substituents is 1. The summed E-state index contributed by atoms with van der Waals surface area (Å²) in [7, 11) is 0. The summed E-state index contributed by atoms with van der Waals surface area (Å²) in [6.07, 6.45) is 3.71. The molecule has 0 heterocycles. The van der Waals surface area contributed by atoms with E-state index < -0.39 is 5.54 Å². The maximum absolute atomic E-state index is 11.9. The van der Waals surface area contributed by atoms with E-state index in [-0.39, 0.29) is 18.1 Å². The fourth-order valence-electron chi connectivity index (χ4n) is 2.35. The first-order valence-electron chi connectivity index (χ1n) is 6.14. The summed E-state index contributed by atoms with van der Waals surface area (Å²) < 4.78 is 0. The van der Waals surface area contributed by atoms with Gasteiger partial charge in [-0.3, -0.25) is 4.79 Å². The van der Waals surface area contributed by atoms with E-state index >= 15 is 0 Å². The molecule has 0 aromatic heterocycles. The number of nitrogens with zero attached hydrogens (tertiary/aromatic N) is 1. The summed E-state index contributed by atoms with van der Waals surface area (Å²) in [6, 6.07) is 8.76. The van der Waals surface area contributed by atoms with Crippen LogP contribution in [0.4, 0.5) is 0 Å². The van der Waals surface area contributed by atoms with Gasteiger partial charge in [0.15, 0.2) is 0 Å². The first-order valence-corrected chi connectivity index (χ1v) is 6.14. The summed E-state index contributed by atoms with van der Waals surface area (Å²) in [5.41, 5.74) is 0.171. The van der Waals surface area contributed by atoms with Crippen LogP contribution in [-0.4, -0.2) is 16.6 Å². The highest BCUT2D eigenvalue weighted by molar-refractivity contribution is 5.79. The number of benzene rings is 1. The molecule has 0 aliphatic heterocycles. The van der Waals surface area contributed by atoms with Gasteiger partial charge < -0.3 is 10.4 Å². The zero-order valence-electron chi connectivity index (χ0n) is 10.1. The Morgan fingerprint density at radius 1 is 1.33 bits per heavy atom. The fourth-order valence-corrected chi connectivity index (χ4v) is 2.35. The molecule has 0 spiro atoms. The predicted octanol–water partition coefficient (Wildman–Crippen LogP) is 1.89. The third kappa shape index (κ3) is 2.80. The topological polar surface area (TPSA) is 73.1 Å². The van der Waals surface area contributed by atoms with Crippen LogP contribution < -0.4 is 5.32 Å². The Morgan fingerprint density at radius 3 is 2.50 bits per heavy atom. The molecule has 1 fully saturated rings. The molecule has 94 valence electrons. The number of hydrogen-bond donors (Lipinski definition) is 2. The van der Waals surface area contributed by atoms with Crippen molar-refractivity contribution in [2.75, 3.05) is 0 Å². The smallest absolute Gasteiger partial charge is 0.225 e. The summed E-state index contributed by atoms with van der Waals surface area (Å²) in [5.74, 6) is 0.0487. The monoisotopic (exact) mass is 244 g/mol. The minimum atomic E-state index is -0.659. The molecular weight excluding hydrogens is 228 g/mol. The number of nitriles is 1. The molecule has 18 heavy (non-hydrogen) atoms. The molecule has 0 bridgehead atoms. The second-order valence-electron chi connectivity index (χ2n) is 4.79. The van der Waals surface area contributed by atoms with Crippen molar-refractivity contribution in [1.29, 1.82) is 5.26 Å². The van der Waals surface area contributed by atoms with E-state index in [0.717, 1.165) is 31.2 Å². The fraction of sp³-hybridized carbons (Fsp3) is 0.429. The van der Waals surface area contributed by atoms with Crippen molar-refractivity contribution in [3.8, 4) is 11.8 Å². The molecule has 0 atom stereocenters. The highest BCUT2D eigenvalue weighted by atomic mass is 16.3. The Bertz CT molecular complexity index is 468. The Balaban J connectivity index is 1.96. The lowest BCUT2D eigenvalue weighted by Crippen LogP contribution is -2.45. The largest absolute Gasteiger partial charge is 0.508 e. The van der Waals surface area contributed by atoms with Crippen LogP contribution in [0.5, 0.6) is 5.75 Å². The maximum Gasteiger partial charge on any atom is 0.225 e. The number of phenols is 1. The van der Waals surface area contributed by atoms with Gasteiger partial charge in [0.25, 0.3) is 0 Å². The number of amides is 1. The number of carbonyl (C=O) groups excluding carboxylic acids is 1. The standard InChI is InChI=1S/C14H16N2O2/c15-10-14(7-1-2-8-14)16-13(18)9-11-3-5-12(17)6-4-11/h3-6,17H,1-2,7-9H2,(H,16,18). The van der Waals surface area contributed by atoms with Crippen LogP contribution in [0, 0.1) is 11.3 Å². The molecule has 2 N–H and O–H groups in total. The van der Waals surface area contributed by atoms with Gasteiger partial charge in [-0.1, -0.05) is 12.1 Å². The van der Waals surface area contributed by atoms with Crippen LogP contribution in [-0.2, 0) is 11.2 Å². The average molecular weight is 244 g/mol. The van der Waals surface area contributed by atoms with Crippen LogP contribution in [0.1, 0.15) is 31.2 Å². The van der Waals surface area contributed by atoms with E-state index in [4.69, 9.17) is 5.11 Å². The minimum absolute atomic E-state index is 0.135. The van der Waals surface area contributed by atoms with Gasteiger partial charge in [-0.15, -0.1) is 0 Å². The second-order valence-corrected chi connectivity index (χ2v) is 4.79. The van der Waals surface area contributed by atoms with Gasteiger partial charge in [0.05, 0.1) is 12.5 Å². The van der Waals surface area contributed by atoms with Crippen LogP contribution in [0.25, 0.3) is 0 Å². The highest BCUT2D eigenvalue weighted by Crippen LogP contribution is 2.28. The predicted molar refractivity (Wildman–Crippen MR) is 66.8 cm³/mol. The number of nitrogens with one attached hydrogen (secondary N) is 1. The normalized spacial score (nSPS) is 17.1. The van der Waals surface area contributed by atoms with Crippen molar-refractivity contribution in [3.05, 3.63) is 29.8 Å². The number of aromatic hydroxyl groups is 1. The number of carbonyl (C=O) groups is 1. The molecule has 2 rings (SSSR count). The van der Waals surface area contributed by atoms with Gasteiger partial charge in [-0.25, -0.2) is 0 Å². The maximum atomic E-state index is 11.9. The van der Waals surface area contributed by atoms with Crippen molar-refractivity contribution >= 4 is 5.91 Å². The molecule has 1 aliphatic carbocycles. The molecule has 0 saturated heterocycles. The van der Waals surface area contributed by atoms with Gasteiger partial charge in [0.2, 0.25) is 5.91 Å². The first-order chi connectivity index (χ1) is 8.63. The zero-order chi connectivity index (χ0) is 13.0. The highest BCUT2D eigenvalue weighted by Gasteiger charge is 2.35. The Labute approximate surface area is 106 Å². The van der Waals surface area contributed by atoms with E-state index in [0.29, 0.717) is 0 Å². The molecular formula is C14H16N2O2. The van der Waals surface area contributed by atoms with Crippen LogP contribution in [0.2, 0.25) is 0 Å². The van der Waals surface area contributed by atoms with Gasteiger partial charge in [-0.05, 0) is 43.4 Å². The average Bonchev–Trinajstić information content (AvgIpc) is 2.81. The number of hydrogen-bond acceptors (Lipinski definition) is 3. The van der Waals surface area contributed by atoms with Crippen molar-refractivity contribution in [1.82, 2.24) is 5.32 Å². The third-order valence-corrected chi connectivity index (χ3v) is 3.35. The Hall–Kier alpha value is -2.02. The lowest BCUT2D eigenvalue weighted by Gasteiger charge is -2.21. The van der Waals surface area contributed by atoms with Crippen LogP contribution >= 0.6 is 0 Å². The molecule has 1 aliphatic rings. The van der Waals surface area contributed by atoms with Crippen molar-refractivity contribution in [2.24, 2.45) is 0 Å². The molecule has 4 nitrogen and oxygen atoms in total. The molecule has 1 saturated carbocycles. The van der Waals surface area contributed by atoms with Gasteiger partial charge >= 0.3 is 0 Å².